The molecule has 1 amide bonds. The van der Waals surface area contributed by atoms with Crippen LogP contribution in [0.1, 0.15) is 25.3 Å². The van der Waals surface area contributed by atoms with E-state index in [1.165, 1.54) is 5.56 Å². The first kappa shape index (κ1) is 13.9. The first-order valence-electron chi connectivity index (χ1n) is 6.96. The van der Waals surface area contributed by atoms with Crippen LogP contribution in [-0.2, 0) is 11.2 Å². The predicted octanol–water partition coefficient (Wildman–Crippen LogP) is 1.58. The van der Waals surface area contributed by atoms with E-state index in [0.29, 0.717) is 12.6 Å². The van der Waals surface area contributed by atoms with E-state index < -0.39 is 0 Å². The highest BCUT2D eigenvalue weighted by Crippen LogP contribution is 2.26. The van der Waals surface area contributed by atoms with Crippen molar-refractivity contribution in [2.24, 2.45) is 5.73 Å². The summed E-state index contributed by atoms with van der Waals surface area (Å²) in [4.78, 5) is 13.9. The van der Waals surface area contributed by atoms with Crippen LogP contribution >= 0.6 is 0 Å². The number of carbonyl (C=O) groups is 1. The molecule has 0 radical (unpaired) electrons. The molecule has 1 aliphatic carbocycles. The minimum atomic E-state index is 0.0797. The van der Waals surface area contributed by atoms with Crippen LogP contribution in [-0.4, -0.2) is 36.5 Å². The SMILES string of the molecule is CCN(C(=O)COc1ccc(CCN)cc1)C1CC1. The van der Waals surface area contributed by atoms with Gasteiger partial charge in [-0.15, -0.1) is 0 Å². The number of ether oxygens (including phenoxy) is 1. The van der Waals surface area contributed by atoms with Gasteiger partial charge in [-0.2, -0.15) is 0 Å². The number of hydrogen-bond acceptors (Lipinski definition) is 3. The van der Waals surface area contributed by atoms with Crippen LogP contribution in [0, 0.1) is 0 Å². The second kappa shape index (κ2) is 6.57. The van der Waals surface area contributed by atoms with Gasteiger partial charge in [0.1, 0.15) is 5.75 Å². The number of amides is 1. The summed E-state index contributed by atoms with van der Waals surface area (Å²) in [7, 11) is 0. The lowest BCUT2D eigenvalue weighted by Gasteiger charge is -2.20. The van der Waals surface area contributed by atoms with Crippen molar-refractivity contribution in [3.8, 4) is 5.75 Å². The quantitative estimate of drug-likeness (QED) is 0.811. The third-order valence-electron chi connectivity index (χ3n) is 3.37. The molecular weight excluding hydrogens is 240 g/mol. The Morgan fingerprint density at radius 3 is 2.58 bits per heavy atom. The van der Waals surface area contributed by atoms with Gasteiger partial charge in [-0.3, -0.25) is 4.79 Å². The highest BCUT2D eigenvalue weighted by atomic mass is 16.5. The Morgan fingerprint density at radius 1 is 1.37 bits per heavy atom. The maximum Gasteiger partial charge on any atom is 0.260 e. The van der Waals surface area contributed by atoms with E-state index in [0.717, 1.165) is 31.6 Å². The molecule has 0 aromatic heterocycles. The maximum atomic E-state index is 12.0. The van der Waals surface area contributed by atoms with E-state index in [-0.39, 0.29) is 12.5 Å². The number of rotatable bonds is 7. The van der Waals surface area contributed by atoms with Gasteiger partial charge in [-0.1, -0.05) is 12.1 Å². The fraction of sp³-hybridized carbons (Fsp3) is 0.533. The molecule has 0 unspecified atom stereocenters. The highest BCUT2D eigenvalue weighted by molar-refractivity contribution is 5.78. The summed E-state index contributed by atoms with van der Waals surface area (Å²) in [6.07, 6.45) is 3.13. The van der Waals surface area contributed by atoms with Crippen molar-refractivity contribution in [1.29, 1.82) is 0 Å². The van der Waals surface area contributed by atoms with Gasteiger partial charge in [-0.25, -0.2) is 0 Å². The molecule has 2 N–H and O–H groups in total. The third kappa shape index (κ3) is 3.96. The molecule has 0 aliphatic heterocycles. The Kier molecular flexibility index (Phi) is 4.80. The molecule has 0 spiro atoms. The standard InChI is InChI=1S/C15H22N2O2/c1-2-17(13-5-6-13)15(18)11-19-14-7-3-12(4-8-14)9-10-16/h3-4,7-8,13H,2,5-6,9-11,16H2,1H3. The summed E-state index contributed by atoms with van der Waals surface area (Å²) in [5.41, 5.74) is 6.69. The second-order valence-electron chi connectivity index (χ2n) is 4.88. The van der Waals surface area contributed by atoms with Crippen molar-refractivity contribution in [1.82, 2.24) is 4.90 Å². The molecule has 19 heavy (non-hydrogen) atoms. The van der Waals surface area contributed by atoms with Crippen LogP contribution in [0.2, 0.25) is 0 Å². The van der Waals surface area contributed by atoms with E-state index in [9.17, 15) is 4.79 Å². The van der Waals surface area contributed by atoms with Crippen LogP contribution in [0.15, 0.2) is 24.3 Å². The van der Waals surface area contributed by atoms with Crippen molar-refractivity contribution >= 4 is 5.91 Å². The molecule has 1 fully saturated rings. The van der Waals surface area contributed by atoms with Crippen LogP contribution in [0.25, 0.3) is 0 Å². The summed E-state index contributed by atoms with van der Waals surface area (Å²) in [6.45, 7) is 3.55. The lowest BCUT2D eigenvalue weighted by Crippen LogP contribution is -2.36. The van der Waals surface area contributed by atoms with Gasteiger partial charge in [-0.05, 0) is 50.4 Å². The zero-order chi connectivity index (χ0) is 13.7. The Hall–Kier alpha value is -1.55. The van der Waals surface area contributed by atoms with Crippen molar-refractivity contribution in [3.63, 3.8) is 0 Å². The molecule has 4 heteroatoms. The molecule has 1 saturated carbocycles. The molecule has 1 aliphatic rings. The molecule has 0 heterocycles. The summed E-state index contributed by atoms with van der Waals surface area (Å²) in [5.74, 6) is 0.817. The van der Waals surface area contributed by atoms with Crippen LogP contribution in [0.4, 0.5) is 0 Å². The number of nitrogens with zero attached hydrogens (tertiary/aromatic N) is 1. The average Bonchev–Trinajstić information content (AvgIpc) is 3.24. The predicted molar refractivity (Wildman–Crippen MR) is 75.1 cm³/mol. The summed E-state index contributed by atoms with van der Waals surface area (Å²) < 4.78 is 5.54. The molecule has 0 atom stereocenters. The average molecular weight is 262 g/mol. The van der Waals surface area contributed by atoms with Gasteiger partial charge in [0.2, 0.25) is 0 Å². The number of benzene rings is 1. The first-order chi connectivity index (χ1) is 9.24. The number of nitrogens with two attached hydrogens (primary N) is 1. The van der Waals surface area contributed by atoms with Crippen molar-refractivity contribution in [3.05, 3.63) is 29.8 Å². The number of hydrogen-bond donors (Lipinski definition) is 1. The monoisotopic (exact) mass is 262 g/mol. The first-order valence-corrected chi connectivity index (χ1v) is 6.96. The summed E-state index contributed by atoms with van der Waals surface area (Å²) in [5, 5.41) is 0. The molecule has 1 aromatic carbocycles. The van der Waals surface area contributed by atoms with E-state index in [1.54, 1.807) is 0 Å². The lowest BCUT2D eigenvalue weighted by molar-refractivity contribution is -0.133. The van der Waals surface area contributed by atoms with E-state index in [1.807, 2.05) is 36.1 Å². The molecule has 0 saturated heterocycles. The third-order valence-corrected chi connectivity index (χ3v) is 3.37. The van der Waals surface area contributed by atoms with E-state index in [4.69, 9.17) is 10.5 Å². The van der Waals surface area contributed by atoms with Gasteiger partial charge < -0.3 is 15.4 Å². The molecule has 2 rings (SSSR count). The van der Waals surface area contributed by atoms with Crippen LogP contribution in [0.3, 0.4) is 0 Å². The zero-order valence-electron chi connectivity index (χ0n) is 11.5. The fourth-order valence-electron chi connectivity index (χ4n) is 2.17. The van der Waals surface area contributed by atoms with Gasteiger partial charge in [0.05, 0.1) is 0 Å². The van der Waals surface area contributed by atoms with Gasteiger partial charge in [0.15, 0.2) is 6.61 Å². The molecular formula is C15H22N2O2. The lowest BCUT2D eigenvalue weighted by atomic mass is 10.1. The van der Waals surface area contributed by atoms with Crippen LogP contribution < -0.4 is 10.5 Å². The second-order valence-corrected chi connectivity index (χ2v) is 4.88. The fourth-order valence-corrected chi connectivity index (χ4v) is 2.17. The largest absolute Gasteiger partial charge is 0.484 e. The van der Waals surface area contributed by atoms with Crippen molar-refractivity contribution in [2.75, 3.05) is 19.7 Å². The zero-order valence-corrected chi connectivity index (χ0v) is 11.5. The molecule has 1 aromatic rings. The highest BCUT2D eigenvalue weighted by Gasteiger charge is 2.31. The Bertz CT molecular complexity index is 413. The normalized spacial score (nSPS) is 14.2. The number of likely N-dealkylation sites (N-methyl/N-ethyl adjacent to an activating group) is 1. The summed E-state index contributed by atoms with van der Waals surface area (Å²) >= 11 is 0. The van der Waals surface area contributed by atoms with Crippen molar-refractivity contribution < 1.29 is 9.53 Å². The Balaban J connectivity index is 1.82. The molecule has 4 nitrogen and oxygen atoms in total. The van der Waals surface area contributed by atoms with E-state index in [2.05, 4.69) is 0 Å². The van der Waals surface area contributed by atoms with Gasteiger partial charge in [0.25, 0.3) is 5.91 Å². The van der Waals surface area contributed by atoms with Crippen molar-refractivity contribution in [2.45, 2.75) is 32.2 Å². The Labute approximate surface area is 114 Å². The van der Waals surface area contributed by atoms with Crippen LogP contribution in [0.5, 0.6) is 5.75 Å². The minimum absolute atomic E-state index is 0.0797. The smallest absolute Gasteiger partial charge is 0.260 e. The minimum Gasteiger partial charge on any atom is -0.484 e. The Morgan fingerprint density at radius 2 is 2.05 bits per heavy atom. The van der Waals surface area contributed by atoms with E-state index >= 15 is 0 Å². The number of carbonyl (C=O) groups excluding carboxylic acids is 1. The molecule has 104 valence electrons. The van der Waals surface area contributed by atoms with Gasteiger partial charge >= 0.3 is 0 Å². The maximum absolute atomic E-state index is 12.0. The molecule has 0 bridgehead atoms. The van der Waals surface area contributed by atoms with Gasteiger partial charge in [0, 0.05) is 12.6 Å². The topological polar surface area (TPSA) is 55.6 Å². The summed E-state index contributed by atoms with van der Waals surface area (Å²) in [6, 6.07) is 8.22.